The molecule has 1 aromatic heterocycles. The van der Waals surface area contributed by atoms with Crippen molar-refractivity contribution >= 4 is 16.9 Å². The normalized spacial score (nSPS) is 15.9. The van der Waals surface area contributed by atoms with E-state index >= 15 is 4.39 Å². The van der Waals surface area contributed by atoms with Gasteiger partial charge in [0.05, 0.1) is 31.2 Å². The summed E-state index contributed by atoms with van der Waals surface area (Å²) in [5.41, 5.74) is 0.0300. The molecular weight excluding hydrogens is 516 g/mol. The summed E-state index contributed by atoms with van der Waals surface area (Å²) in [6, 6.07) is 6.69. The summed E-state index contributed by atoms with van der Waals surface area (Å²) >= 11 is 0. The van der Waals surface area contributed by atoms with Crippen molar-refractivity contribution in [1.29, 1.82) is 0 Å². The first-order valence-corrected chi connectivity index (χ1v) is 12.5. The molecule has 0 bridgehead atoms. The Kier molecular flexibility index (Phi) is 8.73. The lowest BCUT2D eigenvalue weighted by molar-refractivity contribution is -0.152. The Balaban J connectivity index is 1.43. The third-order valence-corrected chi connectivity index (χ3v) is 7.35. The van der Waals surface area contributed by atoms with Crippen molar-refractivity contribution in [3.63, 3.8) is 0 Å². The number of aliphatic carboxylic acids is 1. The van der Waals surface area contributed by atoms with E-state index in [1.165, 1.54) is 13.3 Å². The van der Waals surface area contributed by atoms with Crippen molar-refractivity contribution in [1.82, 2.24) is 9.88 Å². The number of pyridine rings is 1. The number of hydrogen-bond acceptors (Lipinski definition) is 5. The van der Waals surface area contributed by atoms with Crippen molar-refractivity contribution in [2.45, 2.75) is 38.5 Å². The number of aliphatic hydroxyl groups is 1. The van der Waals surface area contributed by atoms with Gasteiger partial charge in [0.1, 0.15) is 11.9 Å². The molecule has 1 saturated heterocycles. The highest BCUT2D eigenvalue weighted by atomic mass is 19.2. The van der Waals surface area contributed by atoms with E-state index in [2.05, 4.69) is 16.8 Å². The maximum Gasteiger partial charge on any atom is 0.309 e. The summed E-state index contributed by atoms with van der Waals surface area (Å²) in [4.78, 5) is 18.5. The second kappa shape index (κ2) is 12.0. The van der Waals surface area contributed by atoms with Gasteiger partial charge < -0.3 is 14.9 Å². The third-order valence-electron chi connectivity index (χ3n) is 7.35. The molecule has 10 heteroatoms. The lowest BCUT2D eigenvalue weighted by Crippen LogP contribution is -2.44. The van der Waals surface area contributed by atoms with Crippen molar-refractivity contribution in [2.75, 3.05) is 26.7 Å². The Morgan fingerprint density at radius 3 is 2.49 bits per heavy atom. The van der Waals surface area contributed by atoms with E-state index in [0.29, 0.717) is 35.3 Å². The average molecular weight is 545 g/mol. The molecule has 4 rings (SSSR count). The number of methoxy groups -OCH3 is 1. The number of aliphatic hydroxyl groups excluding tert-OH is 1. The van der Waals surface area contributed by atoms with Gasteiger partial charge in [-0.2, -0.15) is 0 Å². The second-order valence-electron chi connectivity index (χ2n) is 9.66. The van der Waals surface area contributed by atoms with Crippen LogP contribution in [0.3, 0.4) is 0 Å². The van der Waals surface area contributed by atoms with Gasteiger partial charge in [-0.25, -0.2) is 17.6 Å². The summed E-state index contributed by atoms with van der Waals surface area (Å²) in [7, 11) is 1.49. The van der Waals surface area contributed by atoms with E-state index in [-0.39, 0.29) is 43.4 Å². The zero-order valence-electron chi connectivity index (χ0n) is 21.3. The van der Waals surface area contributed by atoms with Gasteiger partial charge in [0.25, 0.3) is 0 Å². The summed E-state index contributed by atoms with van der Waals surface area (Å²) in [5.74, 6) is 0.704. The molecule has 0 amide bonds. The molecular formula is C29H28F4N2O4. The van der Waals surface area contributed by atoms with Crippen LogP contribution >= 0.6 is 0 Å². The highest BCUT2D eigenvalue weighted by Crippen LogP contribution is 2.41. The number of halogens is 4. The lowest BCUT2D eigenvalue weighted by Gasteiger charge is -2.38. The third kappa shape index (κ3) is 6.15. The van der Waals surface area contributed by atoms with Crippen molar-refractivity contribution in [3.05, 3.63) is 70.7 Å². The average Bonchev–Trinajstić information content (AvgIpc) is 2.94. The molecule has 1 aliphatic heterocycles. The Bertz CT molecular complexity index is 1400. The summed E-state index contributed by atoms with van der Waals surface area (Å²) in [5, 5.41) is 20.4. The van der Waals surface area contributed by atoms with Gasteiger partial charge in [0.2, 0.25) is 0 Å². The van der Waals surface area contributed by atoms with Crippen molar-refractivity contribution < 1.29 is 37.3 Å². The minimum Gasteiger partial charge on any atom is -0.497 e. The van der Waals surface area contributed by atoms with E-state index < -0.39 is 41.6 Å². The Morgan fingerprint density at radius 1 is 1.18 bits per heavy atom. The molecule has 6 nitrogen and oxygen atoms in total. The molecule has 2 N–H and O–H groups in total. The molecule has 1 aliphatic rings. The zero-order chi connectivity index (χ0) is 28.2. The minimum absolute atomic E-state index is 0.000726. The standard InChI is InChI=1S/C29H28F4N2O4/c1-39-20-4-5-25-21(15-20)26(19(17-36)16-34-25)22(30)6-7-29(28(37)38)8-11-35(12-9-29)10-2-3-18-13-23(31)27(33)24(32)14-18/h4-5,13-16,22,36H,6-12,17H2,1H3,(H,37,38). The molecule has 206 valence electrons. The van der Waals surface area contributed by atoms with Crippen LogP contribution in [0.25, 0.3) is 10.9 Å². The van der Waals surface area contributed by atoms with Gasteiger partial charge in [-0.3, -0.25) is 14.7 Å². The van der Waals surface area contributed by atoms with Crippen LogP contribution in [0.4, 0.5) is 17.6 Å². The molecule has 39 heavy (non-hydrogen) atoms. The van der Waals surface area contributed by atoms with Gasteiger partial charge in [-0.15, -0.1) is 0 Å². The topological polar surface area (TPSA) is 82.9 Å². The number of rotatable bonds is 8. The fourth-order valence-corrected chi connectivity index (χ4v) is 4.99. The van der Waals surface area contributed by atoms with Crippen LogP contribution in [0, 0.1) is 34.7 Å². The summed E-state index contributed by atoms with van der Waals surface area (Å²) in [6.07, 6.45) is 0.481. The van der Waals surface area contributed by atoms with E-state index in [0.717, 1.165) is 12.1 Å². The molecule has 1 fully saturated rings. The van der Waals surface area contributed by atoms with Crippen LogP contribution in [0.2, 0.25) is 0 Å². The van der Waals surface area contributed by atoms with Crippen molar-refractivity contribution in [2.24, 2.45) is 5.41 Å². The number of alkyl halides is 1. The smallest absolute Gasteiger partial charge is 0.309 e. The van der Waals surface area contributed by atoms with Crippen LogP contribution in [0.15, 0.2) is 36.5 Å². The van der Waals surface area contributed by atoms with E-state index in [1.54, 1.807) is 18.2 Å². The maximum absolute atomic E-state index is 15.7. The number of fused-ring (bicyclic) bond motifs is 1. The monoisotopic (exact) mass is 544 g/mol. The highest BCUT2D eigenvalue weighted by Gasteiger charge is 2.41. The number of carbonyl (C=O) groups is 1. The van der Waals surface area contributed by atoms with Crippen LogP contribution in [0.1, 0.15) is 48.5 Å². The van der Waals surface area contributed by atoms with Gasteiger partial charge >= 0.3 is 5.97 Å². The molecule has 0 saturated carbocycles. The number of carboxylic acid groups (broad SMARTS) is 1. The summed E-state index contributed by atoms with van der Waals surface area (Å²) in [6.45, 7) is 0.600. The molecule has 1 unspecified atom stereocenters. The molecule has 2 aromatic carbocycles. The molecule has 0 aliphatic carbocycles. The second-order valence-corrected chi connectivity index (χ2v) is 9.66. The predicted molar refractivity (Wildman–Crippen MR) is 136 cm³/mol. The zero-order valence-corrected chi connectivity index (χ0v) is 21.3. The largest absolute Gasteiger partial charge is 0.497 e. The SMILES string of the molecule is COc1ccc2ncc(CO)c(C(F)CCC3(C(=O)O)CCN(CC#Cc4cc(F)c(F)c(F)c4)CC3)c2c1. The van der Waals surface area contributed by atoms with Crippen LogP contribution in [-0.4, -0.2) is 52.8 Å². The number of aromatic nitrogens is 1. The Labute approximate surface area is 223 Å². The lowest BCUT2D eigenvalue weighted by atomic mass is 9.74. The van der Waals surface area contributed by atoms with E-state index in [4.69, 9.17) is 4.74 Å². The number of hydrogen-bond donors (Lipinski definition) is 2. The minimum atomic E-state index is -1.55. The highest BCUT2D eigenvalue weighted by molar-refractivity contribution is 5.85. The number of ether oxygens (including phenoxy) is 1. The number of benzene rings is 2. The molecule has 2 heterocycles. The molecule has 1 atom stereocenters. The fraction of sp³-hybridized carbons (Fsp3) is 0.379. The van der Waals surface area contributed by atoms with Gasteiger partial charge in [-0.1, -0.05) is 11.8 Å². The van der Waals surface area contributed by atoms with E-state index in [1.807, 2.05) is 4.90 Å². The van der Waals surface area contributed by atoms with Crippen molar-refractivity contribution in [3.8, 4) is 17.6 Å². The predicted octanol–water partition coefficient (Wildman–Crippen LogP) is 5.16. The fourth-order valence-electron chi connectivity index (χ4n) is 4.99. The van der Waals surface area contributed by atoms with E-state index in [9.17, 15) is 28.2 Å². The number of nitrogens with zero attached hydrogens (tertiary/aromatic N) is 2. The van der Waals surface area contributed by atoms with Gasteiger partial charge in [0.15, 0.2) is 17.5 Å². The number of likely N-dealkylation sites (tertiary alicyclic amines) is 1. The van der Waals surface area contributed by atoms with Gasteiger partial charge in [-0.05, 0) is 56.0 Å². The number of piperidine rings is 1. The first kappa shape index (κ1) is 28.3. The summed E-state index contributed by atoms with van der Waals surface area (Å²) < 4.78 is 60.9. The maximum atomic E-state index is 15.7. The van der Waals surface area contributed by atoms with Gasteiger partial charge in [0, 0.05) is 41.4 Å². The van der Waals surface area contributed by atoms with Crippen LogP contribution in [-0.2, 0) is 11.4 Å². The first-order chi connectivity index (χ1) is 18.7. The van der Waals surface area contributed by atoms with Crippen LogP contribution in [0.5, 0.6) is 5.75 Å². The quantitative estimate of drug-likeness (QED) is 0.232. The molecule has 0 radical (unpaired) electrons. The van der Waals surface area contributed by atoms with Crippen LogP contribution < -0.4 is 4.74 Å². The molecule has 3 aromatic rings. The number of carboxylic acids is 1. The Morgan fingerprint density at radius 2 is 1.87 bits per heavy atom. The Hall–Kier alpha value is -3.68. The molecule has 0 spiro atoms. The first-order valence-electron chi connectivity index (χ1n) is 12.5.